The third-order valence-corrected chi connectivity index (χ3v) is 5.64. The molecule has 0 saturated carbocycles. The van der Waals surface area contributed by atoms with Crippen LogP contribution in [0.5, 0.6) is 5.75 Å². The molecule has 1 amide bonds. The second kappa shape index (κ2) is 8.27. The van der Waals surface area contributed by atoms with Crippen molar-refractivity contribution in [2.75, 3.05) is 6.61 Å². The molecular formula is C20H21NO4S. The number of carboxylic acid groups (broad SMARTS) is 1. The number of carbonyl (C=O) groups is 2. The number of benzene rings is 2. The van der Waals surface area contributed by atoms with Crippen LogP contribution >= 0.6 is 11.8 Å². The maximum atomic E-state index is 12.7. The molecular weight excluding hydrogens is 350 g/mol. The van der Waals surface area contributed by atoms with Gasteiger partial charge in [-0.1, -0.05) is 31.2 Å². The van der Waals surface area contributed by atoms with Crippen LogP contribution in [0.1, 0.15) is 30.5 Å². The first kappa shape index (κ1) is 18.3. The van der Waals surface area contributed by atoms with Crippen molar-refractivity contribution >= 4 is 23.6 Å². The van der Waals surface area contributed by atoms with Crippen LogP contribution in [0.2, 0.25) is 0 Å². The quantitative estimate of drug-likeness (QED) is 0.729. The molecule has 0 radical (unpaired) electrons. The maximum absolute atomic E-state index is 12.7. The van der Waals surface area contributed by atoms with Crippen LogP contribution in [-0.4, -0.2) is 28.8 Å². The number of carbonyl (C=O) groups excluding carboxylic acids is 1. The van der Waals surface area contributed by atoms with E-state index in [1.54, 1.807) is 12.1 Å². The fraction of sp³-hybridized carbons (Fsp3) is 0.300. The molecule has 2 atom stereocenters. The topological polar surface area (TPSA) is 75.6 Å². The van der Waals surface area contributed by atoms with Crippen molar-refractivity contribution in [1.29, 1.82) is 0 Å². The number of aliphatic carboxylic acids is 1. The number of amides is 1. The Bertz CT molecular complexity index is 794. The van der Waals surface area contributed by atoms with Crippen molar-refractivity contribution in [1.82, 2.24) is 5.32 Å². The number of hydrogen-bond donors (Lipinski definition) is 2. The molecule has 1 aliphatic heterocycles. The van der Waals surface area contributed by atoms with Crippen LogP contribution in [0.4, 0.5) is 0 Å². The number of fused-ring (bicyclic) bond motifs is 1. The molecule has 2 aromatic carbocycles. The van der Waals surface area contributed by atoms with Gasteiger partial charge in [-0.05, 0) is 41.8 Å². The molecule has 5 nitrogen and oxygen atoms in total. The van der Waals surface area contributed by atoms with Crippen LogP contribution in [0, 0.1) is 0 Å². The molecule has 2 unspecified atom stereocenters. The maximum Gasteiger partial charge on any atom is 0.330 e. The first-order chi connectivity index (χ1) is 12.6. The minimum atomic E-state index is -1.07. The number of ether oxygens (including phenoxy) is 1. The van der Waals surface area contributed by atoms with Gasteiger partial charge in [0.25, 0.3) is 0 Å². The average Bonchev–Trinajstić information content (AvgIpc) is 3.12. The normalized spacial score (nSPS) is 14.8. The highest BCUT2D eigenvalue weighted by Crippen LogP contribution is 2.29. The number of rotatable bonds is 7. The molecule has 26 heavy (non-hydrogen) atoms. The Labute approximate surface area is 156 Å². The first-order valence-corrected chi connectivity index (χ1v) is 9.47. The number of carboxylic acids is 1. The summed E-state index contributed by atoms with van der Waals surface area (Å²) in [7, 11) is 0. The SMILES string of the molecule is CCC(Sc1ccccc1)C(=O)NC(C(=O)O)c1ccc2c(c1)CCO2. The minimum Gasteiger partial charge on any atom is -0.493 e. The summed E-state index contributed by atoms with van der Waals surface area (Å²) in [6, 6.07) is 13.9. The van der Waals surface area contributed by atoms with Gasteiger partial charge in [0.1, 0.15) is 5.75 Å². The fourth-order valence-corrected chi connectivity index (χ4v) is 3.88. The van der Waals surface area contributed by atoms with E-state index in [1.807, 2.05) is 43.3 Å². The van der Waals surface area contributed by atoms with E-state index >= 15 is 0 Å². The van der Waals surface area contributed by atoms with Crippen LogP contribution in [0.3, 0.4) is 0 Å². The molecule has 2 aromatic rings. The van der Waals surface area contributed by atoms with Crippen molar-refractivity contribution in [2.24, 2.45) is 0 Å². The van der Waals surface area contributed by atoms with Crippen molar-refractivity contribution in [3.05, 3.63) is 59.7 Å². The Morgan fingerprint density at radius 3 is 2.69 bits per heavy atom. The minimum absolute atomic E-state index is 0.273. The predicted molar refractivity (Wildman–Crippen MR) is 101 cm³/mol. The van der Waals surface area contributed by atoms with Crippen LogP contribution < -0.4 is 10.1 Å². The zero-order valence-electron chi connectivity index (χ0n) is 14.5. The zero-order valence-corrected chi connectivity index (χ0v) is 15.3. The molecule has 136 valence electrons. The van der Waals surface area contributed by atoms with Crippen molar-refractivity contribution in [2.45, 2.75) is 36.0 Å². The molecule has 0 aliphatic carbocycles. The lowest BCUT2D eigenvalue weighted by Crippen LogP contribution is -2.38. The largest absolute Gasteiger partial charge is 0.493 e. The molecule has 6 heteroatoms. The van der Waals surface area contributed by atoms with Gasteiger partial charge in [0.15, 0.2) is 6.04 Å². The lowest BCUT2D eigenvalue weighted by atomic mass is 10.0. The highest BCUT2D eigenvalue weighted by molar-refractivity contribution is 8.00. The van der Waals surface area contributed by atoms with E-state index in [0.29, 0.717) is 18.6 Å². The van der Waals surface area contributed by atoms with Gasteiger partial charge >= 0.3 is 5.97 Å². The van der Waals surface area contributed by atoms with E-state index in [0.717, 1.165) is 22.6 Å². The number of thioether (sulfide) groups is 1. The summed E-state index contributed by atoms with van der Waals surface area (Å²) in [5, 5.41) is 12.0. The fourth-order valence-electron chi connectivity index (χ4n) is 2.89. The summed E-state index contributed by atoms with van der Waals surface area (Å²) in [5.41, 5.74) is 1.54. The third-order valence-electron chi connectivity index (χ3n) is 4.27. The van der Waals surface area contributed by atoms with E-state index in [4.69, 9.17) is 4.74 Å². The van der Waals surface area contributed by atoms with E-state index in [1.165, 1.54) is 11.8 Å². The van der Waals surface area contributed by atoms with Gasteiger partial charge < -0.3 is 15.2 Å². The second-order valence-corrected chi connectivity index (χ2v) is 7.35. The van der Waals surface area contributed by atoms with Crippen molar-refractivity contribution < 1.29 is 19.4 Å². The van der Waals surface area contributed by atoms with E-state index in [-0.39, 0.29) is 11.2 Å². The Balaban J connectivity index is 1.74. The summed E-state index contributed by atoms with van der Waals surface area (Å²) in [5.74, 6) is -0.558. The summed E-state index contributed by atoms with van der Waals surface area (Å²) in [6.45, 7) is 2.53. The summed E-state index contributed by atoms with van der Waals surface area (Å²) < 4.78 is 5.46. The monoisotopic (exact) mass is 371 g/mol. The van der Waals surface area contributed by atoms with Gasteiger partial charge in [-0.25, -0.2) is 4.79 Å². The predicted octanol–water partition coefficient (Wildman–Crippen LogP) is 3.43. The molecule has 0 fully saturated rings. The van der Waals surface area contributed by atoms with E-state index in [2.05, 4.69) is 5.32 Å². The standard InChI is InChI=1S/C20H21NO4S/c1-2-17(26-15-6-4-3-5-7-15)19(22)21-18(20(23)24)14-8-9-16-13(12-14)10-11-25-16/h3-9,12,17-18H,2,10-11H2,1H3,(H,21,22)(H,23,24). The Morgan fingerprint density at radius 2 is 2.00 bits per heavy atom. The van der Waals surface area contributed by atoms with Gasteiger partial charge in [0, 0.05) is 11.3 Å². The zero-order chi connectivity index (χ0) is 18.5. The lowest BCUT2D eigenvalue weighted by molar-refractivity contribution is -0.142. The summed E-state index contributed by atoms with van der Waals surface area (Å²) in [4.78, 5) is 25.4. The van der Waals surface area contributed by atoms with Gasteiger partial charge in [0.05, 0.1) is 11.9 Å². The molecule has 0 aromatic heterocycles. The molecule has 1 heterocycles. The molecule has 0 bridgehead atoms. The molecule has 1 aliphatic rings. The van der Waals surface area contributed by atoms with Crippen LogP contribution in [0.25, 0.3) is 0 Å². The number of hydrogen-bond acceptors (Lipinski definition) is 4. The lowest BCUT2D eigenvalue weighted by Gasteiger charge is -2.20. The molecule has 0 spiro atoms. The first-order valence-electron chi connectivity index (χ1n) is 8.59. The molecule has 2 N–H and O–H groups in total. The smallest absolute Gasteiger partial charge is 0.330 e. The summed E-state index contributed by atoms with van der Waals surface area (Å²) in [6.07, 6.45) is 1.36. The Hall–Kier alpha value is -2.47. The van der Waals surface area contributed by atoms with Crippen LogP contribution in [-0.2, 0) is 16.0 Å². The summed E-state index contributed by atoms with van der Waals surface area (Å²) >= 11 is 1.44. The third kappa shape index (κ3) is 4.19. The van der Waals surface area contributed by atoms with Gasteiger partial charge in [0.2, 0.25) is 5.91 Å². The highest BCUT2D eigenvalue weighted by Gasteiger charge is 2.27. The van der Waals surface area contributed by atoms with Crippen LogP contribution in [0.15, 0.2) is 53.4 Å². The molecule has 3 rings (SSSR count). The second-order valence-electron chi connectivity index (χ2n) is 6.07. The Kier molecular flexibility index (Phi) is 5.83. The van der Waals surface area contributed by atoms with E-state index < -0.39 is 12.0 Å². The highest BCUT2D eigenvalue weighted by atomic mass is 32.2. The average molecular weight is 371 g/mol. The van der Waals surface area contributed by atoms with Crippen molar-refractivity contribution in [3.63, 3.8) is 0 Å². The van der Waals surface area contributed by atoms with Gasteiger partial charge in [-0.3, -0.25) is 4.79 Å². The number of nitrogens with one attached hydrogen (secondary N) is 1. The van der Waals surface area contributed by atoms with Gasteiger partial charge in [-0.2, -0.15) is 0 Å². The molecule has 0 saturated heterocycles. The van der Waals surface area contributed by atoms with Gasteiger partial charge in [-0.15, -0.1) is 11.8 Å². The Morgan fingerprint density at radius 1 is 1.23 bits per heavy atom. The van der Waals surface area contributed by atoms with E-state index in [9.17, 15) is 14.7 Å². The van der Waals surface area contributed by atoms with Crippen molar-refractivity contribution in [3.8, 4) is 5.75 Å².